The largest absolute Gasteiger partial charge is 0.390 e. The summed E-state index contributed by atoms with van der Waals surface area (Å²) in [6.45, 7) is 19.2. The Morgan fingerprint density at radius 1 is 0.949 bits per heavy atom. The van der Waals surface area contributed by atoms with E-state index in [0.29, 0.717) is 6.42 Å². The minimum absolute atomic E-state index is 0.0412. The second-order valence-electron chi connectivity index (χ2n) is 15.1. The van der Waals surface area contributed by atoms with Crippen LogP contribution in [0.2, 0.25) is 0 Å². The van der Waals surface area contributed by atoms with E-state index in [-0.39, 0.29) is 46.7 Å². The van der Waals surface area contributed by atoms with Crippen LogP contribution in [-0.2, 0) is 15.9 Å². The minimum Gasteiger partial charge on any atom is -0.390 e. The van der Waals surface area contributed by atoms with Crippen molar-refractivity contribution in [2.75, 3.05) is 0 Å². The number of ether oxygens (including phenoxy) is 2. The number of aliphatic hydroxyl groups excluding tert-OH is 2. The topological polar surface area (TPSA) is 79.2 Å². The Balaban J connectivity index is 1.54. The fourth-order valence-corrected chi connectivity index (χ4v) is 10.5. The first-order valence-corrected chi connectivity index (χ1v) is 15.6. The Morgan fingerprint density at radius 2 is 1.59 bits per heavy atom. The average molecular weight is 543 g/mol. The zero-order chi connectivity index (χ0) is 28.8. The normalized spacial score (nSPS) is 49.9. The zero-order valence-electron chi connectivity index (χ0n) is 25.8. The van der Waals surface area contributed by atoms with E-state index in [1.807, 2.05) is 27.7 Å². The molecule has 0 amide bonds. The van der Waals surface area contributed by atoms with Crippen molar-refractivity contribution in [1.82, 2.24) is 0 Å². The van der Waals surface area contributed by atoms with Crippen molar-refractivity contribution in [3.8, 4) is 0 Å². The number of hydrogen-bond acceptors (Lipinski definition) is 5. The van der Waals surface area contributed by atoms with E-state index in [4.69, 9.17) is 9.47 Å². The predicted molar refractivity (Wildman–Crippen MR) is 154 cm³/mol. The molecule has 0 radical (unpaired) electrons. The second kappa shape index (κ2) is 9.52. The first-order chi connectivity index (χ1) is 18.1. The average Bonchev–Trinajstić information content (AvgIpc) is 2.86. The molecule has 0 spiro atoms. The van der Waals surface area contributed by atoms with Crippen LogP contribution in [0.4, 0.5) is 0 Å². The summed E-state index contributed by atoms with van der Waals surface area (Å²) in [6.07, 6.45) is 2.89. The van der Waals surface area contributed by atoms with Crippen LogP contribution in [0.15, 0.2) is 24.3 Å². The molecule has 4 fully saturated rings. The Bertz CT molecular complexity index is 1070. The van der Waals surface area contributed by atoms with Gasteiger partial charge in [0.15, 0.2) is 5.79 Å². The summed E-state index contributed by atoms with van der Waals surface area (Å²) in [6, 6.07) is 8.66. The lowest BCUT2D eigenvalue weighted by Gasteiger charge is -2.72. The van der Waals surface area contributed by atoms with Crippen molar-refractivity contribution in [3.05, 3.63) is 35.4 Å². The molecule has 0 bridgehead atoms. The van der Waals surface area contributed by atoms with E-state index in [2.05, 4.69) is 58.9 Å². The van der Waals surface area contributed by atoms with Gasteiger partial charge in [-0.1, -0.05) is 65.8 Å². The van der Waals surface area contributed by atoms with Gasteiger partial charge >= 0.3 is 0 Å². The molecule has 1 aromatic rings. The molecular formula is C34H54O5. The molecule has 12 unspecified atom stereocenters. The van der Waals surface area contributed by atoms with E-state index in [9.17, 15) is 15.3 Å². The molecule has 5 nitrogen and oxygen atoms in total. The lowest BCUT2D eigenvalue weighted by molar-refractivity contribution is -0.413. The van der Waals surface area contributed by atoms with Gasteiger partial charge in [-0.3, -0.25) is 0 Å². The van der Waals surface area contributed by atoms with E-state index < -0.39 is 29.0 Å². The summed E-state index contributed by atoms with van der Waals surface area (Å²) in [5.41, 5.74) is 0.451. The Labute approximate surface area is 236 Å². The van der Waals surface area contributed by atoms with Crippen molar-refractivity contribution >= 4 is 0 Å². The fraction of sp³-hybridized carbons (Fsp3) is 0.824. The third kappa shape index (κ3) is 4.12. The molecule has 0 aromatic heterocycles. The molecule has 3 N–H and O–H groups in total. The maximum Gasteiger partial charge on any atom is 0.163 e. The molecule has 1 aromatic carbocycles. The van der Waals surface area contributed by atoms with Crippen LogP contribution in [0.3, 0.4) is 0 Å². The Hall–Kier alpha value is -0.980. The molecule has 3 aliphatic carbocycles. The number of fused-ring (bicyclic) bond motifs is 5. The number of benzene rings is 1. The minimum atomic E-state index is -0.968. The summed E-state index contributed by atoms with van der Waals surface area (Å²) in [7, 11) is 0. The third-order valence-corrected chi connectivity index (χ3v) is 12.6. The molecule has 3 saturated carbocycles. The second-order valence-corrected chi connectivity index (χ2v) is 15.1. The monoisotopic (exact) mass is 542 g/mol. The van der Waals surface area contributed by atoms with E-state index in [1.165, 1.54) is 11.1 Å². The van der Waals surface area contributed by atoms with Gasteiger partial charge in [0, 0.05) is 16.7 Å². The molecular weight excluding hydrogens is 488 g/mol. The molecule has 1 heterocycles. The van der Waals surface area contributed by atoms with Gasteiger partial charge in [-0.05, 0) is 93.6 Å². The molecule has 1 saturated heterocycles. The summed E-state index contributed by atoms with van der Waals surface area (Å²) >= 11 is 0. The maximum absolute atomic E-state index is 12.7. The van der Waals surface area contributed by atoms with Crippen LogP contribution in [-0.4, -0.2) is 51.1 Å². The van der Waals surface area contributed by atoms with Crippen LogP contribution in [0.5, 0.6) is 0 Å². The first-order valence-electron chi connectivity index (χ1n) is 15.6. The standard InChI is InChI=1S/C34H54O5/c1-10-23-13-11-12-14-24(23)20(2)19-34(37)21(3)15-17-31(7)25(34)16-18-32(8)27(31)26(35)28(36)33(9)22(4)38-30(5,6)39-29(32)33/h11-14,20-22,25-29,35-37H,10,15-19H2,1-9H3. The smallest absolute Gasteiger partial charge is 0.163 e. The number of hydrogen-bond donors (Lipinski definition) is 3. The van der Waals surface area contributed by atoms with Crippen LogP contribution < -0.4 is 0 Å². The Kier molecular flexibility index (Phi) is 7.21. The lowest BCUT2D eigenvalue weighted by atomic mass is 9.37. The van der Waals surface area contributed by atoms with Gasteiger partial charge in [0.1, 0.15) is 0 Å². The van der Waals surface area contributed by atoms with Crippen molar-refractivity contribution in [2.24, 2.45) is 34.0 Å². The van der Waals surface area contributed by atoms with Gasteiger partial charge in [0.2, 0.25) is 0 Å². The molecule has 1 aliphatic heterocycles. The molecule has 39 heavy (non-hydrogen) atoms. The number of rotatable bonds is 4. The molecule has 12 atom stereocenters. The van der Waals surface area contributed by atoms with Crippen molar-refractivity contribution in [2.45, 2.75) is 143 Å². The highest BCUT2D eigenvalue weighted by Crippen LogP contribution is 2.71. The fourth-order valence-electron chi connectivity index (χ4n) is 10.5. The van der Waals surface area contributed by atoms with E-state index in [0.717, 1.165) is 32.1 Å². The van der Waals surface area contributed by atoms with Crippen molar-refractivity contribution in [1.29, 1.82) is 0 Å². The highest BCUT2D eigenvalue weighted by atomic mass is 16.7. The van der Waals surface area contributed by atoms with Gasteiger partial charge in [-0.25, -0.2) is 0 Å². The van der Waals surface area contributed by atoms with Crippen LogP contribution in [0.1, 0.15) is 111 Å². The first kappa shape index (κ1) is 29.5. The van der Waals surface area contributed by atoms with Crippen LogP contribution in [0, 0.1) is 34.0 Å². The molecule has 220 valence electrons. The van der Waals surface area contributed by atoms with Crippen LogP contribution >= 0.6 is 0 Å². The van der Waals surface area contributed by atoms with Gasteiger partial charge in [0.05, 0.1) is 30.0 Å². The van der Waals surface area contributed by atoms with Crippen molar-refractivity contribution < 1.29 is 24.8 Å². The summed E-state index contributed by atoms with van der Waals surface area (Å²) in [4.78, 5) is 0. The SMILES string of the molecule is CCc1ccccc1C(C)CC1(O)C(C)CCC2(C)C3C(O)C(O)C4(C)C(C)OC(C)(C)OC4C3(C)CCC21. The predicted octanol–water partition coefficient (Wildman–Crippen LogP) is 6.22. The summed E-state index contributed by atoms with van der Waals surface area (Å²) in [5.74, 6) is -0.504. The van der Waals surface area contributed by atoms with Gasteiger partial charge < -0.3 is 24.8 Å². The number of aliphatic hydroxyl groups is 3. The summed E-state index contributed by atoms with van der Waals surface area (Å²) < 4.78 is 13.0. The zero-order valence-corrected chi connectivity index (χ0v) is 25.8. The van der Waals surface area contributed by atoms with Crippen LogP contribution in [0.25, 0.3) is 0 Å². The highest BCUT2D eigenvalue weighted by molar-refractivity contribution is 5.31. The molecule has 4 aliphatic rings. The highest BCUT2D eigenvalue weighted by Gasteiger charge is 2.74. The third-order valence-electron chi connectivity index (χ3n) is 12.6. The quantitative estimate of drug-likeness (QED) is 0.421. The Morgan fingerprint density at radius 3 is 2.26 bits per heavy atom. The maximum atomic E-state index is 12.7. The number of aryl methyl sites for hydroxylation is 1. The molecule has 5 rings (SSSR count). The van der Waals surface area contributed by atoms with Gasteiger partial charge in [-0.15, -0.1) is 0 Å². The van der Waals surface area contributed by atoms with Gasteiger partial charge in [-0.2, -0.15) is 0 Å². The van der Waals surface area contributed by atoms with E-state index >= 15 is 0 Å². The van der Waals surface area contributed by atoms with E-state index in [1.54, 1.807) is 0 Å². The summed E-state index contributed by atoms with van der Waals surface area (Å²) in [5, 5.41) is 36.5. The lowest BCUT2D eigenvalue weighted by Crippen LogP contribution is -2.77. The van der Waals surface area contributed by atoms with Gasteiger partial charge in [0.25, 0.3) is 0 Å². The van der Waals surface area contributed by atoms with Crippen molar-refractivity contribution in [3.63, 3.8) is 0 Å². The molecule has 5 heteroatoms.